The third-order valence-electron chi connectivity index (χ3n) is 10.7. The summed E-state index contributed by atoms with van der Waals surface area (Å²) in [4.78, 5) is 48.1. The van der Waals surface area contributed by atoms with Crippen LogP contribution in [0.15, 0.2) is 12.2 Å². The molecular formula is C44H83NO11P+. The fraction of sp³-hybridized carbons (Fsp3) is 0.886. The van der Waals surface area contributed by atoms with Crippen molar-refractivity contribution in [3.63, 3.8) is 0 Å². The number of ketones is 1. The molecule has 3 N–H and O–H groups in total. The largest absolute Gasteiger partial charge is 0.472 e. The second-order valence-corrected chi connectivity index (χ2v) is 18.7. The van der Waals surface area contributed by atoms with Crippen LogP contribution in [-0.4, -0.2) is 103 Å². The summed E-state index contributed by atoms with van der Waals surface area (Å²) in [6.45, 7) is 4.06. The van der Waals surface area contributed by atoms with E-state index in [9.17, 15) is 34.1 Å². The van der Waals surface area contributed by atoms with Crippen LogP contribution >= 0.6 is 7.82 Å². The first-order valence-electron chi connectivity index (χ1n) is 22.5. The van der Waals surface area contributed by atoms with Crippen LogP contribution in [-0.2, 0) is 37.5 Å². The lowest BCUT2D eigenvalue weighted by Gasteiger charge is -2.24. The van der Waals surface area contributed by atoms with Gasteiger partial charge in [-0.05, 0) is 31.6 Å². The number of aliphatic hydroxyl groups is 2. The number of carbonyl (C=O) groups excluding carboxylic acids is 3. The van der Waals surface area contributed by atoms with Gasteiger partial charge >= 0.3 is 19.8 Å². The lowest BCUT2D eigenvalue weighted by molar-refractivity contribution is -0.870. The van der Waals surface area contributed by atoms with Crippen molar-refractivity contribution in [2.24, 2.45) is 11.8 Å². The number of quaternary nitrogens is 1. The standard InChI is InChI=1S/C44H82NO11P/c1-6-8-10-11-12-13-14-15-16-17-18-19-25-29-44(50)56-38(36-55-57(51,52)54-33-32-45(3,4)5)35-53-43(49)28-24-21-20-23-27-39-40(42(48)34-41(39)47)31-30-37(46)26-22-9-7-2/h30-31,37-41,46-47H,6-29,32-36H2,1-5H3/p+1/b31-30+/t37-,38+,39+,40+,41-/m0/s1. The number of hydrogen-bond donors (Lipinski definition) is 3. The number of ether oxygens (including phenoxy) is 2. The second kappa shape index (κ2) is 32.2. The van der Waals surface area contributed by atoms with Crippen LogP contribution in [0.4, 0.5) is 0 Å². The van der Waals surface area contributed by atoms with Crippen molar-refractivity contribution >= 4 is 25.5 Å². The van der Waals surface area contributed by atoms with Gasteiger partial charge in [-0.2, -0.15) is 0 Å². The lowest BCUT2D eigenvalue weighted by atomic mass is 9.88. The topological polar surface area (TPSA) is 166 Å². The van der Waals surface area contributed by atoms with Crippen LogP contribution in [0.25, 0.3) is 0 Å². The minimum absolute atomic E-state index is 0.00388. The first-order valence-corrected chi connectivity index (χ1v) is 24.0. The minimum atomic E-state index is -4.43. The van der Waals surface area contributed by atoms with Crippen LogP contribution in [0.5, 0.6) is 0 Å². The number of likely N-dealkylation sites (N-methyl/N-ethyl adjacent to an activating group) is 1. The molecule has 0 aromatic rings. The van der Waals surface area contributed by atoms with Gasteiger partial charge in [0.05, 0.1) is 40.0 Å². The van der Waals surface area contributed by atoms with Crippen LogP contribution in [0.2, 0.25) is 0 Å². The quantitative estimate of drug-likeness (QED) is 0.0180. The number of rotatable bonds is 37. The van der Waals surface area contributed by atoms with E-state index in [0.717, 1.165) is 57.8 Å². The Morgan fingerprint density at radius 3 is 1.88 bits per heavy atom. The Hall–Kier alpha value is -1.66. The van der Waals surface area contributed by atoms with E-state index in [2.05, 4.69) is 13.8 Å². The highest BCUT2D eigenvalue weighted by Gasteiger charge is 2.39. The van der Waals surface area contributed by atoms with E-state index in [1.165, 1.54) is 57.8 Å². The number of aliphatic hydroxyl groups excluding tert-OH is 2. The minimum Gasteiger partial charge on any atom is -0.462 e. The van der Waals surface area contributed by atoms with Crippen molar-refractivity contribution in [2.45, 2.75) is 193 Å². The van der Waals surface area contributed by atoms with Crippen LogP contribution in [0.3, 0.4) is 0 Å². The predicted molar refractivity (Wildman–Crippen MR) is 225 cm³/mol. The fourth-order valence-electron chi connectivity index (χ4n) is 7.10. The summed E-state index contributed by atoms with van der Waals surface area (Å²) in [5.41, 5.74) is 0. The first-order chi connectivity index (χ1) is 27.2. The van der Waals surface area contributed by atoms with Crippen molar-refractivity contribution in [1.82, 2.24) is 0 Å². The molecule has 0 radical (unpaired) electrons. The molecule has 0 bridgehead atoms. The van der Waals surface area contributed by atoms with Gasteiger partial charge in [-0.15, -0.1) is 0 Å². The average Bonchev–Trinajstić information content (AvgIpc) is 3.41. The molecule has 1 saturated carbocycles. The molecule has 0 amide bonds. The second-order valence-electron chi connectivity index (χ2n) is 17.2. The third kappa shape index (κ3) is 29.2. The van der Waals surface area contributed by atoms with Crippen molar-refractivity contribution < 1.29 is 57.1 Å². The molecule has 0 saturated heterocycles. The molecular weight excluding hydrogens is 749 g/mol. The highest BCUT2D eigenvalue weighted by molar-refractivity contribution is 7.47. The third-order valence-corrected chi connectivity index (χ3v) is 11.7. The highest BCUT2D eigenvalue weighted by Crippen LogP contribution is 2.43. The van der Waals surface area contributed by atoms with Crippen molar-refractivity contribution in [3.05, 3.63) is 12.2 Å². The molecule has 1 aliphatic carbocycles. The molecule has 57 heavy (non-hydrogen) atoms. The van der Waals surface area contributed by atoms with Crippen LogP contribution in [0.1, 0.15) is 174 Å². The average molecular weight is 833 g/mol. The van der Waals surface area contributed by atoms with Crippen molar-refractivity contribution in [1.29, 1.82) is 0 Å². The van der Waals surface area contributed by atoms with Gasteiger partial charge in [0.15, 0.2) is 6.10 Å². The van der Waals surface area contributed by atoms with Gasteiger partial charge in [0, 0.05) is 25.2 Å². The van der Waals surface area contributed by atoms with E-state index in [1.807, 2.05) is 21.1 Å². The molecule has 13 heteroatoms. The zero-order valence-electron chi connectivity index (χ0n) is 36.5. The summed E-state index contributed by atoms with van der Waals surface area (Å²) in [5.74, 6) is -1.50. The van der Waals surface area contributed by atoms with E-state index >= 15 is 0 Å². The SMILES string of the molecule is CCCCCCCCCCCCCCCC(=O)O[C@H](COC(=O)CCCCCC[C@H]1[C@@H](O)CC(=O)[C@@H]1/C=C/[C@@H](O)CCCCC)COP(=O)(O)OCC[N+](C)(C)C. The van der Waals surface area contributed by atoms with Crippen LogP contribution in [0, 0.1) is 11.8 Å². The maximum atomic E-state index is 12.7. The Morgan fingerprint density at radius 2 is 1.30 bits per heavy atom. The number of unbranched alkanes of at least 4 members (excludes halogenated alkanes) is 17. The van der Waals surface area contributed by atoms with Crippen molar-refractivity contribution in [3.8, 4) is 0 Å². The van der Waals surface area contributed by atoms with Gasteiger partial charge in [-0.25, -0.2) is 4.57 Å². The van der Waals surface area contributed by atoms with Gasteiger partial charge < -0.3 is 29.1 Å². The Bertz CT molecular complexity index is 1140. The molecule has 1 aliphatic rings. The summed E-state index contributed by atoms with van der Waals surface area (Å²) in [6.07, 6.45) is 24.4. The van der Waals surface area contributed by atoms with E-state index in [4.69, 9.17) is 18.5 Å². The van der Waals surface area contributed by atoms with Gasteiger partial charge in [0.2, 0.25) is 0 Å². The Kier molecular flexibility index (Phi) is 30.1. The van der Waals surface area contributed by atoms with Gasteiger partial charge in [0.25, 0.3) is 0 Å². The van der Waals surface area contributed by atoms with E-state index in [-0.39, 0.29) is 50.1 Å². The Morgan fingerprint density at radius 1 is 0.772 bits per heavy atom. The smallest absolute Gasteiger partial charge is 0.462 e. The maximum Gasteiger partial charge on any atom is 0.472 e. The predicted octanol–water partition coefficient (Wildman–Crippen LogP) is 9.17. The normalized spacial score (nSPS) is 19.5. The zero-order valence-corrected chi connectivity index (χ0v) is 37.4. The Balaban J connectivity index is 2.46. The van der Waals surface area contributed by atoms with Gasteiger partial charge in [-0.3, -0.25) is 23.4 Å². The molecule has 334 valence electrons. The van der Waals surface area contributed by atoms with Gasteiger partial charge in [0.1, 0.15) is 25.5 Å². The molecule has 1 rings (SSSR count). The van der Waals surface area contributed by atoms with E-state index in [0.29, 0.717) is 36.7 Å². The molecule has 0 aromatic carbocycles. The number of nitrogens with zero attached hydrogens (tertiary/aromatic N) is 1. The molecule has 0 aliphatic heterocycles. The number of allylic oxidation sites excluding steroid dienone is 1. The summed E-state index contributed by atoms with van der Waals surface area (Å²) >= 11 is 0. The fourth-order valence-corrected chi connectivity index (χ4v) is 7.84. The number of esters is 2. The summed E-state index contributed by atoms with van der Waals surface area (Å²) in [7, 11) is 1.35. The Labute approximate surface area is 346 Å². The molecule has 1 unspecified atom stereocenters. The highest BCUT2D eigenvalue weighted by atomic mass is 31.2. The van der Waals surface area contributed by atoms with E-state index < -0.39 is 44.7 Å². The van der Waals surface area contributed by atoms with Crippen molar-refractivity contribution in [2.75, 3.05) is 47.5 Å². The van der Waals surface area contributed by atoms with Crippen LogP contribution < -0.4 is 0 Å². The summed E-state index contributed by atoms with van der Waals surface area (Å²) < 4.78 is 34.3. The molecule has 6 atom stereocenters. The lowest BCUT2D eigenvalue weighted by Crippen LogP contribution is -2.37. The molecule has 12 nitrogen and oxygen atoms in total. The molecule has 0 spiro atoms. The van der Waals surface area contributed by atoms with E-state index in [1.54, 1.807) is 12.2 Å². The first kappa shape index (κ1) is 53.4. The van der Waals surface area contributed by atoms with Gasteiger partial charge in [-0.1, -0.05) is 142 Å². The molecule has 0 heterocycles. The maximum absolute atomic E-state index is 12.7. The number of phosphoric ester groups is 1. The molecule has 1 fully saturated rings. The summed E-state index contributed by atoms with van der Waals surface area (Å²) in [6, 6.07) is 0. The number of phosphoric acid groups is 1. The monoisotopic (exact) mass is 833 g/mol. The number of carbonyl (C=O) groups is 3. The number of Topliss-reactive ketones (excluding diaryl/α,β-unsaturated/α-hetero) is 1. The molecule has 0 aromatic heterocycles. The number of hydrogen-bond acceptors (Lipinski definition) is 10. The zero-order chi connectivity index (χ0) is 42.4. The summed E-state index contributed by atoms with van der Waals surface area (Å²) in [5, 5.41) is 20.8.